The largest absolute Gasteiger partial charge is 0.370 e. The molecular weight excluding hydrogens is 428 g/mol. The Morgan fingerprint density at radius 3 is 2.52 bits per heavy atom. The number of aryl methyl sites for hydroxylation is 2. The summed E-state index contributed by atoms with van der Waals surface area (Å²) in [6.45, 7) is 2.26. The van der Waals surface area contributed by atoms with Gasteiger partial charge in [-0.15, -0.1) is 0 Å². The minimum atomic E-state index is -2.74. The highest BCUT2D eigenvalue weighted by Gasteiger charge is 2.27. The van der Waals surface area contributed by atoms with E-state index in [9.17, 15) is 13.6 Å². The predicted octanol–water partition coefficient (Wildman–Crippen LogP) is 3.31. The summed E-state index contributed by atoms with van der Waals surface area (Å²) >= 11 is 0. The summed E-state index contributed by atoms with van der Waals surface area (Å²) in [7, 11) is 1.66. The molecule has 0 radical (unpaired) electrons. The molecule has 0 aliphatic rings. The van der Waals surface area contributed by atoms with Crippen molar-refractivity contribution in [3.8, 4) is 11.8 Å². The number of benzene rings is 1. The molecule has 1 amide bonds. The summed E-state index contributed by atoms with van der Waals surface area (Å²) in [5.74, 6) is -3.15. The molecule has 7 nitrogen and oxygen atoms in total. The third kappa shape index (κ3) is 6.92. The van der Waals surface area contributed by atoms with E-state index >= 15 is 0 Å². The number of nitrogens with zero attached hydrogens (tertiary/aromatic N) is 3. The van der Waals surface area contributed by atoms with Crippen LogP contribution in [0.2, 0.25) is 0 Å². The second kappa shape index (κ2) is 11.8. The third-order valence-corrected chi connectivity index (χ3v) is 5.18. The van der Waals surface area contributed by atoms with Crippen LogP contribution in [0.15, 0.2) is 42.6 Å². The van der Waals surface area contributed by atoms with E-state index < -0.39 is 11.8 Å². The van der Waals surface area contributed by atoms with Crippen molar-refractivity contribution in [2.24, 2.45) is 5.73 Å². The van der Waals surface area contributed by atoms with Crippen LogP contribution in [-0.4, -0.2) is 41.8 Å². The molecule has 0 saturated carbocycles. The molecule has 1 aromatic carbocycles. The number of hydrogen-bond donors (Lipinski definition) is 2. The van der Waals surface area contributed by atoms with Gasteiger partial charge in [-0.25, -0.2) is 13.8 Å². The summed E-state index contributed by atoms with van der Waals surface area (Å²) in [6, 6.07) is 12.9. The van der Waals surface area contributed by atoms with Crippen LogP contribution >= 0.6 is 0 Å². The molecule has 174 valence electrons. The number of alkyl halides is 2. The number of primary amides is 1. The highest BCUT2D eigenvalue weighted by Crippen LogP contribution is 2.28. The number of aromatic nitrogens is 2. The van der Waals surface area contributed by atoms with Gasteiger partial charge in [0.2, 0.25) is 11.8 Å². The number of hydrogen-bond acceptors (Lipinski definition) is 5. The van der Waals surface area contributed by atoms with Crippen LogP contribution < -0.4 is 11.1 Å². The highest BCUT2D eigenvalue weighted by molar-refractivity contribution is 5.81. The van der Waals surface area contributed by atoms with Gasteiger partial charge in [-0.1, -0.05) is 0 Å². The molecular formula is C24H27F2N5O2. The lowest BCUT2D eigenvalue weighted by atomic mass is 10.0. The molecule has 9 heteroatoms. The van der Waals surface area contributed by atoms with E-state index in [1.807, 2.05) is 35.6 Å². The van der Waals surface area contributed by atoms with Gasteiger partial charge in [0.15, 0.2) is 0 Å². The molecule has 2 aromatic heterocycles. The number of nitriles is 1. The van der Waals surface area contributed by atoms with Gasteiger partial charge in [-0.2, -0.15) is 5.26 Å². The Balaban J connectivity index is 0.00000187. The quantitative estimate of drug-likeness (QED) is 0.487. The van der Waals surface area contributed by atoms with E-state index in [1.165, 1.54) is 0 Å². The van der Waals surface area contributed by atoms with E-state index in [4.69, 9.17) is 15.8 Å². The number of nitrogens with two attached hydrogens (primary N) is 1. The minimum absolute atomic E-state index is 0.178. The second-order valence-corrected chi connectivity index (χ2v) is 7.56. The van der Waals surface area contributed by atoms with Crippen molar-refractivity contribution in [2.45, 2.75) is 38.0 Å². The van der Waals surface area contributed by atoms with Gasteiger partial charge in [-0.3, -0.25) is 9.36 Å². The number of pyridine rings is 1. The average molecular weight is 456 g/mol. The first-order valence-corrected chi connectivity index (χ1v) is 10.4. The van der Waals surface area contributed by atoms with Crippen LogP contribution in [0.4, 0.5) is 8.78 Å². The normalized spacial score (nSPS) is 11.0. The monoisotopic (exact) mass is 455 g/mol. The van der Waals surface area contributed by atoms with Crippen molar-refractivity contribution >= 4 is 23.7 Å². The van der Waals surface area contributed by atoms with Crippen LogP contribution in [0.1, 0.15) is 36.1 Å². The van der Waals surface area contributed by atoms with E-state index in [-0.39, 0.29) is 32.2 Å². The summed E-state index contributed by atoms with van der Waals surface area (Å²) in [5.41, 5.74) is 8.89. The van der Waals surface area contributed by atoms with Crippen molar-refractivity contribution in [3.63, 3.8) is 0 Å². The van der Waals surface area contributed by atoms with Crippen LogP contribution in [0.3, 0.4) is 0 Å². The zero-order valence-electron chi connectivity index (χ0n) is 18.5. The van der Waals surface area contributed by atoms with E-state index in [0.717, 1.165) is 22.3 Å². The molecule has 0 fully saturated rings. The summed E-state index contributed by atoms with van der Waals surface area (Å²) < 4.78 is 29.9. The maximum Gasteiger partial charge on any atom is 0.249 e. The number of fused-ring (bicyclic) bond motifs is 1. The fourth-order valence-corrected chi connectivity index (χ4v) is 3.50. The second-order valence-electron chi connectivity index (χ2n) is 7.56. The smallest absolute Gasteiger partial charge is 0.249 e. The number of halogens is 2. The third-order valence-electron chi connectivity index (χ3n) is 5.18. The van der Waals surface area contributed by atoms with Crippen molar-refractivity contribution in [3.05, 3.63) is 59.4 Å². The fraction of sp³-hybridized carbons (Fsp3) is 0.333. The van der Waals surface area contributed by atoms with Crippen LogP contribution in [0.5, 0.6) is 0 Å². The number of carbonyl (C=O) groups excluding carboxylic acids is 2. The topological polar surface area (TPSA) is 114 Å². The SMILES string of the molecule is C=O.CNCCC(F)(F)CCc1cnc2c(c1)cc(CCC(N)=O)n2-c1ccc(C#N)cc1. The molecule has 2 heterocycles. The van der Waals surface area contributed by atoms with Gasteiger partial charge in [-0.05, 0) is 61.9 Å². The number of amides is 1. The molecule has 3 aromatic rings. The van der Waals surface area contributed by atoms with Crippen LogP contribution in [0, 0.1) is 11.3 Å². The predicted molar refractivity (Wildman–Crippen MR) is 122 cm³/mol. The average Bonchev–Trinajstić information content (AvgIpc) is 3.19. The van der Waals surface area contributed by atoms with Crippen molar-refractivity contribution in [1.82, 2.24) is 14.9 Å². The first kappa shape index (κ1) is 25.6. The van der Waals surface area contributed by atoms with Gasteiger partial charge in [0, 0.05) is 48.8 Å². The lowest BCUT2D eigenvalue weighted by Gasteiger charge is -2.16. The maximum absolute atomic E-state index is 14.0. The Morgan fingerprint density at radius 2 is 1.91 bits per heavy atom. The van der Waals surface area contributed by atoms with Gasteiger partial charge >= 0.3 is 0 Å². The molecule has 3 rings (SSSR count). The summed E-state index contributed by atoms with van der Waals surface area (Å²) in [6.07, 6.45) is 1.99. The van der Waals surface area contributed by atoms with E-state index in [2.05, 4.69) is 16.4 Å². The zero-order valence-corrected chi connectivity index (χ0v) is 18.5. The molecule has 0 bridgehead atoms. The first-order valence-electron chi connectivity index (χ1n) is 10.4. The summed E-state index contributed by atoms with van der Waals surface area (Å²) in [5, 5.41) is 12.6. The minimum Gasteiger partial charge on any atom is -0.370 e. The van der Waals surface area contributed by atoms with Gasteiger partial charge < -0.3 is 15.8 Å². The van der Waals surface area contributed by atoms with Crippen molar-refractivity contribution in [2.75, 3.05) is 13.6 Å². The molecule has 0 aliphatic heterocycles. The Morgan fingerprint density at radius 1 is 1.21 bits per heavy atom. The van der Waals surface area contributed by atoms with Gasteiger partial charge in [0.05, 0.1) is 11.6 Å². The first-order chi connectivity index (χ1) is 15.8. The molecule has 0 saturated heterocycles. The van der Waals surface area contributed by atoms with E-state index in [1.54, 1.807) is 25.4 Å². The van der Waals surface area contributed by atoms with Crippen LogP contribution in [-0.2, 0) is 22.4 Å². The lowest BCUT2D eigenvalue weighted by Crippen LogP contribution is -2.23. The molecule has 0 unspecified atom stereocenters. The molecule has 3 N–H and O–H groups in total. The lowest BCUT2D eigenvalue weighted by molar-refractivity contribution is -0.118. The van der Waals surface area contributed by atoms with Crippen molar-refractivity contribution in [1.29, 1.82) is 5.26 Å². The Labute approximate surface area is 191 Å². The maximum atomic E-state index is 14.0. The Hall–Kier alpha value is -3.64. The number of rotatable bonds is 10. The Kier molecular flexibility index (Phi) is 9.18. The molecule has 0 atom stereocenters. The standard InChI is InChI=1S/C23H25F2N5O.CH2O/c1-28-11-10-23(24,25)9-8-17-12-18-13-20(6-7-21(27)31)30(22(18)29-15-17)19-4-2-16(14-26)3-5-19;1-2/h2-5,12-13,15,28H,6-11H2,1H3,(H2,27,31);1H2. The Bertz CT molecular complexity index is 1120. The highest BCUT2D eigenvalue weighted by atomic mass is 19.3. The van der Waals surface area contributed by atoms with Gasteiger partial charge in [0.1, 0.15) is 12.4 Å². The van der Waals surface area contributed by atoms with Crippen LogP contribution in [0.25, 0.3) is 16.7 Å². The molecule has 0 aliphatic carbocycles. The molecule has 33 heavy (non-hydrogen) atoms. The number of nitrogens with one attached hydrogen (secondary N) is 1. The zero-order chi connectivity index (χ0) is 24.4. The van der Waals surface area contributed by atoms with Gasteiger partial charge in [0.25, 0.3) is 0 Å². The summed E-state index contributed by atoms with van der Waals surface area (Å²) in [4.78, 5) is 23.8. The fourth-order valence-electron chi connectivity index (χ4n) is 3.50. The molecule has 0 spiro atoms. The van der Waals surface area contributed by atoms with Crippen molar-refractivity contribution < 1.29 is 18.4 Å². The van der Waals surface area contributed by atoms with E-state index in [0.29, 0.717) is 17.6 Å². The number of carbonyl (C=O) groups is 2.